The van der Waals surface area contributed by atoms with E-state index < -0.39 is 17.4 Å². The van der Waals surface area contributed by atoms with Gasteiger partial charge in [-0.1, -0.05) is 38.1 Å². The van der Waals surface area contributed by atoms with Crippen molar-refractivity contribution in [2.45, 2.75) is 45.4 Å². The van der Waals surface area contributed by atoms with Crippen molar-refractivity contribution in [3.8, 4) is 0 Å². The fourth-order valence-corrected chi connectivity index (χ4v) is 3.66. The van der Waals surface area contributed by atoms with Crippen molar-refractivity contribution >= 4 is 36.3 Å². The smallest absolute Gasteiger partial charge is 0.407 e. The standard InChI is InChI=1S/C23H28BNO5S/c1-22(2,3)21(27)30-20(26)16-10-11-19(25-12-16)31-13-17-8-6-7-9-18(17)24-28-14-23(4,5)15-29-24/h6-12H,13-15H2,1-5H3. The highest BCUT2D eigenvalue weighted by molar-refractivity contribution is 7.98. The molecule has 1 saturated heterocycles. The first-order chi connectivity index (χ1) is 14.5. The zero-order valence-electron chi connectivity index (χ0n) is 18.6. The van der Waals surface area contributed by atoms with E-state index in [1.54, 1.807) is 44.7 Å². The van der Waals surface area contributed by atoms with Crippen LogP contribution >= 0.6 is 11.8 Å². The summed E-state index contributed by atoms with van der Waals surface area (Å²) in [6.07, 6.45) is 1.43. The van der Waals surface area contributed by atoms with E-state index in [4.69, 9.17) is 14.0 Å². The van der Waals surface area contributed by atoms with Crippen LogP contribution in [-0.2, 0) is 24.6 Å². The molecule has 0 radical (unpaired) electrons. The Balaban J connectivity index is 1.61. The summed E-state index contributed by atoms with van der Waals surface area (Å²) < 4.78 is 16.8. The molecular weight excluding hydrogens is 413 g/mol. The van der Waals surface area contributed by atoms with Crippen LogP contribution in [0.3, 0.4) is 0 Å². The van der Waals surface area contributed by atoms with Crippen molar-refractivity contribution in [3.05, 3.63) is 53.7 Å². The largest absolute Gasteiger partial charge is 0.494 e. The van der Waals surface area contributed by atoms with E-state index in [1.165, 1.54) is 6.20 Å². The molecule has 0 atom stereocenters. The number of hydrogen-bond acceptors (Lipinski definition) is 7. The third-order valence-electron chi connectivity index (χ3n) is 4.71. The van der Waals surface area contributed by atoms with E-state index in [-0.39, 0.29) is 18.1 Å². The Kier molecular flexibility index (Phi) is 7.24. The maximum Gasteiger partial charge on any atom is 0.494 e. The number of benzene rings is 1. The number of nitrogens with zero attached hydrogens (tertiary/aromatic N) is 1. The highest BCUT2D eigenvalue weighted by atomic mass is 32.2. The van der Waals surface area contributed by atoms with E-state index in [2.05, 4.69) is 24.9 Å². The lowest BCUT2D eigenvalue weighted by Crippen LogP contribution is -2.48. The normalized spacial score (nSPS) is 16.1. The second kappa shape index (κ2) is 9.55. The molecule has 0 aliphatic carbocycles. The molecule has 1 aromatic carbocycles. The summed E-state index contributed by atoms with van der Waals surface area (Å²) in [6.45, 7) is 10.6. The molecular formula is C23H28BNO5S. The number of thioether (sulfide) groups is 1. The van der Waals surface area contributed by atoms with Gasteiger partial charge in [0.05, 0.1) is 16.0 Å². The number of ether oxygens (including phenoxy) is 1. The Morgan fingerprint density at radius 3 is 2.42 bits per heavy atom. The number of esters is 2. The van der Waals surface area contributed by atoms with Crippen LogP contribution in [0.5, 0.6) is 0 Å². The number of rotatable bonds is 5. The van der Waals surface area contributed by atoms with Crippen LogP contribution in [0.25, 0.3) is 0 Å². The highest BCUT2D eigenvalue weighted by Gasteiger charge is 2.34. The van der Waals surface area contributed by atoms with Crippen molar-refractivity contribution in [3.63, 3.8) is 0 Å². The molecule has 0 unspecified atom stereocenters. The van der Waals surface area contributed by atoms with Gasteiger partial charge < -0.3 is 14.0 Å². The molecule has 1 fully saturated rings. The predicted molar refractivity (Wildman–Crippen MR) is 121 cm³/mol. The van der Waals surface area contributed by atoms with Crippen LogP contribution in [0, 0.1) is 10.8 Å². The van der Waals surface area contributed by atoms with Gasteiger partial charge in [-0.2, -0.15) is 0 Å². The minimum atomic E-state index is -0.742. The summed E-state index contributed by atoms with van der Waals surface area (Å²) in [5.41, 5.74) is 1.65. The van der Waals surface area contributed by atoms with Crippen molar-refractivity contribution in [1.82, 2.24) is 4.98 Å². The van der Waals surface area contributed by atoms with Gasteiger partial charge >= 0.3 is 19.1 Å². The van der Waals surface area contributed by atoms with Gasteiger partial charge in [-0.3, -0.25) is 4.79 Å². The number of aromatic nitrogens is 1. The summed E-state index contributed by atoms with van der Waals surface area (Å²) >= 11 is 1.55. The van der Waals surface area contributed by atoms with Gasteiger partial charge in [0.1, 0.15) is 0 Å². The molecule has 0 saturated carbocycles. The maximum absolute atomic E-state index is 12.1. The number of pyridine rings is 1. The Bertz CT molecular complexity index is 930. The first-order valence-corrected chi connectivity index (χ1v) is 11.2. The fraction of sp³-hybridized carbons (Fsp3) is 0.435. The first-order valence-electron chi connectivity index (χ1n) is 10.2. The molecule has 2 aromatic rings. The van der Waals surface area contributed by atoms with Gasteiger partial charge in [-0.15, -0.1) is 11.8 Å². The third kappa shape index (κ3) is 6.42. The average molecular weight is 441 g/mol. The Labute approximate surface area is 188 Å². The quantitative estimate of drug-likeness (QED) is 0.302. The first kappa shape index (κ1) is 23.5. The third-order valence-corrected chi connectivity index (χ3v) is 5.70. The Morgan fingerprint density at radius 1 is 1.13 bits per heavy atom. The molecule has 2 heterocycles. The highest BCUT2D eigenvalue weighted by Crippen LogP contribution is 2.24. The van der Waals surface area contributed by atoms with Crippen molar-refractivity contribution in [1.29, 1.82) is 0 Å². The van der Waals surface area contributed by atoms with E-state index in [1.807, 2.05) is 18.2 Å². The summed E-state index contributed by atoms with van der Waals surface area (Å²) in [6, 6.07) is 11.4. The number of carbonyl (C=O) groups excluding carboxylic acids is 2. The summed E-state index contributed by atoms with van der Waals surface area (Å²) in [4.78, 5) is 28.4. The molecule has 1 aromatic heterocycles. The van der Waals surface area contributed by atoms with E-state index in [0.29, 0.717) is 19.0 Å². The van der Waals surface area contributed by atoms with Gasteiger partial charge in [0.15, 0.2) is 0 Å². The molecule has 0 N–H and O–H groups in total. The lowest BCUT2D eigenvalue weighted by atomic mass is 9.73. The predicted octanol–water partition coefficient (Wildman–Crippen LogP) is 3.87. The monoisotopic (exact) mass is 441 g/mol. The van der Waals surface area contributed by atoms with Gasteiger partial charge in [0.25, 0.3) is 0 Å². The molecule has 8 heteroatoms. The number of hydrogen-bond donors (Lipinski definition) is 0. The summed E-state index contributed by atoms with van der Waals surface area (Å²) in [5.74, 6) is -0.575. The summed E-state index contributed by atoms with van der Waals surface area (Å²) in [5, 5.41) is 0.764. The minimum Gasteiger partial charge on any atom is -0.407 e. The molecule has 0 spiro atoms. The maximum atomic E-state index is 12.1. The molecule has 0 bridgehead atoms. The minimum absolute atomic E-state index is 0.0184. The van der Waals surface area contributed by atoms with E-state index in [9.17, 15) is 9.59 Å². The zero-order chi connectivity index (χ0) is 22.6. The molecule has 3 rings (SSSR count). The van der Waals surface area contributed by atoms with Crippen molar-refractivity contribution in [2.24, 2.45) is 10.8 Å². The van der Waals surface area contributed by atoms with Crippen LogP contribution in [-0.4, -0.2) is 37.3 Å². The molecule has 164 valence electrons. The van der Waals surface area contributed by atoms with Gasteiger partial charge in [-0.25, -0.2) is 9.78 Å². The van der Waals surface area contributed by atoms with Crippen LogP contribution in [0.4, 0.5) is 0 Å². The van der Waals surface area contributed by atoms with Crippen LogP contribution in [0.15, 0.2) is 47.6 Å². The molecule has 1 aliphatic rings. The Morgan fingerprint density at radius 2 is 1.81 bits per heavy atom. The lowest BCUT2D eigenvalue weighted by Gasteiger charge is -2.33. The fourth-order valence-electron chi connectivity index (χ4n) is 2.80. The van der Waals surface area contributed by atoms with Crippen molar-refractivity contribution in [2.75, 3.05) is 13.2 Å². The molecule has 31 heavy (non-hydrogen) atoms. The second-order valence-corrected chi connectivity index (χ2v) is 10.4. The topological polar surface area (TPSA) is 74.7 Å². The SMILES string of the molecule is CC1(C)COB(c2ccccc2CSc2ccc(C(=O)OC(=O)C(C)(C)C)cn2)OC1. The average Bonchev–Trinajstić information content (AvgIpc) is 2.72. The van der Waals surface area contributed by atoms with Crippen molar-refractivity contribution < 1.29 is 23.6 Å². The van der Waals surface area contributed by atoms with Gasteiger partial charge in [0, 0.05) is 30.6 Å². The Hall–Kier alpha value is -2.16. The van der Waals surface area contributed by atoms with Crippen LogP contribution in [0.2, 0.25) is 0 Å². The van der Waals surface area contributed by atoms with Gasteiger partial charge in [-0.05, 0) is 43.9 Å². The van der Waals surface area contributed by atoms with E-state index in [0.717, 1.165) is 16.1 Å². The summed E-state index contributed by atoms with van der Waals surface area (Å²) in [7, 11) is -0.365. The molecule has 6 nitrogen and oxygen atoms in total. The zero-order valence-corrected chi connectivity index (χ0v) is 19.5. The van der Waals surface area contributed by atoms with Crippen LogP contribution in [0.1, 0.15) is 50.5 Å². The molecule has 1 aliphatic heterocycles. The number of carbonyl (C=O) groups is 2. The lowest BCUT2D eigenvalue weighted by molar-refractivity contribution is -0.146. The van der Waals surface area contributed by atoms with E-state index >= 15 is 0 Å². The van der Waals surface area contributed by atoms with Gasteiger partial charge in [0.2, 0.25) is 0 Å². The van der Waals surface area contributed by atoms with Crippen LogP contribution < -0.4 is 5.46 Å². The second-order valence-electron chi connectivity index (χ2n) is 9.42. The molecule has 0 amide bonds.